The second-order valence-corrected chi connectivity index (χ2v) is 4.98. The van der Waals surface area contributed by atoms with Crippen LogP contribution in [0.25, 0.3) is 0 Å². The molecule has 1 saturated heterocycles. The number of nitrogens with zero attached hydrogens (tertiary/aromatic N) is 1. The minimum Gasteiger partial charge on any atom is -0.326 e. The third kappa shape index (κ3) is 1.08. The van der Waals surface area contributed by atoms with Crippen LogP contribution in [0.2, 0.25) is 0 Å². The zero-order valence-corrected chi connectivity index (χ0v) is 8.39. The summed E-state index contributed by atoms with van der Waals surface area (Å²) in [7, 11) is 0. The van der Waals surface area contributed by atoms with Crippen molar-refractivity contribution in [2.24, 2.45) is 5.73 Å². The number of rotatable bonds is 0. The lowest BCUT2D eigenvalue weighted by Gasteiger charge is -2.31. The molecule has 2 N–H and O–H groups in total. The van der Waals surface area contributed by atoms with Gasteiger partial charge in [-0.15, -0.1) is 11.3 Å². The Hall–Kier alpha value is -0.380. The molecule has 0 spiro atoms. The van der Waals surface area contributed by atoms with Crippen LogP contribution in [-0.4, -0.2) is 24.0 Å². The first-order valence-electron chi connectivity index (χ1n) is 4.92. The van der Waals surface area contributed by atoms with Crippen LogP contribution >= 0.6 is 11.3 Å². The summed E-state index contributed by atoms with van der Waals surface area (Å²) >= 11 is 1.89. The minimum atomic E-state index is 0.369. The molecule has 70 valence electrons. The van der Waals surface area contributed by atoms with E-state index in [1.54, 1.807) is 4.88 Å². The van der Waals surface area contributed by atoms with E-state index >= 15 is 0 Å². The monoisotopic (exact) mass is 194 g/mol. The number of hydrogen-bond acceptors (Lipinski definition) is 3. The number of hydrogen-bond donors (Lipinski definition) is 1. The molecule has 0 aliphatic carbocycles. The molecule has 2 atom stereocenters. The number of fused-ring (bicyclic) bond motifs is 3. The molecule has 1 aromatic heterocycles. The lowest BCUT2D eigenvalue weighted by molar-refractivity contribution is 0.236. The van der Waals surface area contributed by atoms with Crippen molar-refractivity contribution in [2.45, 2.75) is 24.9 Å². The smallest absolute Gasteiger partial charge is 0.0510 e. The Labute approximate surface area is 82.3 Å². The molecule has 2 nitrogen and oxygen atoms in total. The Balaban J connectivity index is 2.05. The van der Waals surface area contributed by atoms with Crippen LogP contribution < -0.4 is 5.73 Å². The van der Waals surface area contributed by atoms with Crippen molar-refractivity contribution in [1.29, 1.82) is 0 Å². The quantitative estimate of drug-likeness (QED) is 0.676. The minimum absolute atomic E-state index is 0.369. The topological polar surface area (TPSA) is 29.3 Å². The molecule has 13 heavy (non-hydrogen) atoms. The van der Waals surface area contributed by atoms with Gasteiger partial charge in [-0.25, -0.2) is 0 Å². The predicted molar refractivity (Wildman–Crippen MR) is 54.9 cm³/mol. The van der Waals surface area contributed by atoms with E-state index in [0.717, 1.165) is 0 Å². The predicted octanol–water partition coefficient (Wildman–Crippen LogP) is 1.38. The fraction of sp³-hybridized carbons (Fsp3) is 0.600. The Morgan fingerprint density at radius 3 is 3.31 bits per heavy atom. The summed E-state index contributed by atoms with van der Waals surface area (Å²) in [5.41, 5.74) is 7.64. The number of thiophene rings is 1. The van der Waals surface area contributed by atoms with Crippen molar-refractivity contribution in [3.05, 3.63) is 21.9 Å². The molecule has 3 heterocycles. The summed E-state index contributed by atoms with van der Waals surface area (Å²) in [4.78, 5) is 4.11. The fourth-order valence-electron chi connectivity index (χ4n) is 2.62. The van der Waals surface area contributed by atoms with Crippen molar-refractivity contribution < 1.29 is 0 Å². The van der Waals surface area contributed by atoms with Gasteiger partial charge >= 0.3 is 0 Å². The highest BCUT2D eigenvalue weighted by atomic mass is 32.1. The van der Waals surface area contributed by atoms with Crippen molar-refractivity contribution >= 4 is 11.3 Å². The third-order valence-electron chi connectivity index (χ3n) is 3.27. The highest BCUT2D eigenvalue weighted by Crippen LogP contribution is 2.38. The maximum Gasteiger partial charge on any atom is 0.0510 e. The van der Waals surface area contributed by atoms with Crippen LogP contribution in [0.4, 0.5) is 0 Å². The van der Waals surface area contributed by atoms with E-state index in [4.69, 9.17) is 5.73 Å². The van der Waals surface area contributed by atoms with Crippen molar-refractivity contribution in [2.75, 3.05) is 13.1 Å². The highest BCUT2D eigenvalue weighted by molar-refractivity contribution is 7.10. The van der Waals surface area contributed by atoms with Crippen LogP contribution in [0.5, 0.6) is 0 Å². The van der Waals surface area contributed by atoms with Gasteiger partial charge in [0.25, 0.3) is 0 Å². The first-order valence-corrected chi connectivity index (χ1v) is 5.80. The highest BCUT2D eigenvalue weighted by Gasteiger charge is 2.36. The second kappa shape index (κ2) is 2.80. The van der Waals surface area contributed by atoms with Gasteiger partial charge in [-0.2, -0.15) is 0 Å². The average molecular weight is 194 g/mol. The van der Waals surface area contributed by atoms with E-state index in [-0.39, 0.29) is 0 Å². The molecule has 0 aromatic carbocycles. The van der Waals surface area contributed by atoms with Crippen LogP contribution in [0, 0.1) is 0 Å². The largest absolute Gasteiger partial charge is 0.326 e. The molecule has 0 saturated carbocycles. The molecule has 1 fully saturated rings. The summed E-state index contributed by atoms with van der Waals surface area (Å²) in [6.45, 7) is 2.41. The van der Waals surface area contributed by atoms with E-state index in [1.165, 1.54) is 31.5 Å². The Morgan fingerprint density at radius 2 is 2.38 bits per heavy atom. The molecule has 0 radical (unpaired) electrons. The van der Waals surface area contributed by atoms with Gasteiger partial charge in [-0.1, -0.05) is 0 Å². The normalized spacial score (nSPS) is 33.0. The average Bonchev–Trinajstić information content (AvgIpc) is 2.70. The van der Waals surface area contributed by atoms with Gasteiger partial charge in [0.1, 0.15) is 0 Å². The second-order valence-electron chi connectivity index (χ2n) is 3.98. The lowest BCUT2D eigenvalue weighted by Crippen LogP contribution is -2.36. The van der Waals surface area contributed by atoms with E-state index in [9.17, 15) is 0 Å². The first kappa shape index (κ1) is 7.97. The molecule has 1 aromatic rings. The van der Waals surface area contributed by atoms with Crippen molar-refractivity contribution in [3.8, 4) is 0 Å². The molecule has 2 aliphatic rings. The van der Waals surface area contributed by atoms with Gasteiger partial charge < -0.3 is 5.73 Å². The van der Waals surface area contributed by atoms with Crippen LogP contribution in [0.3, 0.4) is 0 Å². The van der Waals surface area contributed by atoms with Gasteiger partial charge in [-0.3, -0.25) is 4.90 Å². The molecular weight excluding hydrogens is 180 g/mol. The van der Waals surface area contributed by atoms with Gasteiger partial charge in [0.15, 0.2) is 0 Å². The molecule has 0 bridgehead atoms. The Bertz CT molecular complexity index is 320. The molecule has 2 aliphatic heterocycles. The number of nitrogens with two attached hydrogens (primary N) is 1. The van der Waals surface area contributed by atoms with E-state index in [1.807, 2.05) is 11.3 Å². The zero-order chi connectivity index (χ0) is 8.84. The molecule has 2 unspecified atom stereocenters. The summed E-state index contributed by atoms with van der Waals surface area (Å²) in [5, 5.41) is 2.21. The van der Waals surface area contributed by atoms with Crippen molar-refractivity contribution in [1.82, 2.24) is 4.90 Å². The molecule has 3 heteroatoms. The molecule has 3 rings (SSSR count). The Kier molecular flexibility index (Phi) is 1.72. The van der Waals surface area contributed by atoms with Gasteiger partial charge in [0.2, 0.25) is 0 Å². The third-order valence-corrected chi connectivity index (χ3v) is 4.27. The SMILES string of the molecule is NC1CCN2CCc3sccc3C12. The summed E-state index contributed by atoms with van der Waals surface area (Å²) < 4.78 is 0. The molecular formula is C10H14N2S. The van der Waals surface area contributed by atoms with Crippen LogP contribution in [-0.2, 0) is 6.42 Å². The maximum absolute atomic E-state index is 6.13. The van der Waals surface area contributed by atoms with E-state index in [2.05, 4.69) is 16.3 Å². The Morgan fingerprint density at radius 1 is 1.46 bits per heavy atom. The first-order chi connectivity index (χ1) is 6.36. The van der Waals surface area contributed by atoms with E-state index < -0.39 is 0 Å². The van der Waals surface area contributed by atoms with Gasteiger partial charge in [0.05, 0.1) is 6.04 Å². The van der Waals surface area contributed by atoms with Gasteiger partial charge in [-0.05, 0) is 29.9 Å². The van der Waals surface area contributed by atoms with Crippen LogP contribution in [0.15, 0.2) is 11.4 Å². The summed E-state index contributed by atoms with van der Waals surface area (Å²) in [5.74, 6) is 0. The van der Waals surface area contributed by atoms with Crippen LogP contribution in [0.1, 0.15) is 22.9 Å². The lowest BCUT2D eigenvalue weighted by atomic mass is 9.97. The van der Waals surface area contributed by atoms with Crippen molar-refractivity contribution in [3.63, 3.8) is 0 Å². The summed E-state index contributed by atoms with van der Waals surface area (Å²) in [6, 6.07) is 3.17. The maximum atomic E-state index is 6.13. The zero-order valence-electron chi connectivity index (χ0n) is 7.57. The van der Waals surface area contributed by atoms with Gasteiger partial charge in [0, 0.05) is 24.0 Å². The fourth-order valence-corrected chi connectivity index (χ4v) is 3.54. The molecule has 0 amide bonds. The standard InChI is InChI=1S/C10H14N2S/c11-8-1-4-12-5-2-9-7(10(8)12)3-6-13-9/h3,6,8,10H,1-2,4-5,11H2. The summed E-state index contributed by atoms with van der Waals surface area (Å²) in [6.07, 6.45) is 2.40. The van der Waals surface area contributed by atoms with E-state index in [0.29, 0.717) is 12.1 Å².